The zero-order chi connectivity index (χ0) is 19.9. The molecule has 1 aliphatic heterocycles. The molecule has 0 radical (unpaired) electrons. The van der Waals surface area contributed by atoms with Crippen molar-refractivity contribution in [2.75, 3.05) is 39.3 Å². The molecular weight excluding hydrogens is 372 g/mol. The summed E-state index contributed by atoms with van der Waals surface area (Å²) in [6, 6.07) is 11.7. The molecule has 150 valence electrons. The number of nitrogens with zero attached hydrogens (tertiary/aromatic N) is 2. The highest BCUT2D eigenvalue weighted by molar-refractivity contribution is 7.13. The molecule has 3 rings (SSSR count). The van der Waals surface area contributed by atoms with Gasteiger partial charge in [-0.05, 0) is 37.1 Å². The van der Waals surface area contributed by atoms with Crippen LogP contribution in [0.5, 0.6) is 5.75 Å². The lowest BCUT2D eigenvalue weighted by atomic mass is 10.1. The molecule has 1 aromatic carbocycles. The largest absolute Gasteiger partial charge is 0.491 e. The monoisotopic (exact) mass is 400 g/mol. The molecule has 0 spiro atoms. The lowest BCUT2D eigenvalue weighted by Gasteiger charge is -2.35. The summed E-state index contributed by atoms with van der Waals surface area (Å²) < 4.78 is 5.82. The van der Waals surface area contributed by atoms with Gasteiger partial charge in [-0.2, -0.15) is 0 Å². The summed E-state index contributed by atoms with van der Waals surface area (Å²) in [4.78, 5) is 18.6. The molecule has 6 heteroatoms. The van der Waals surface area contributed by atoms with Crippen LogP contribution in [0.3, 0.4) is 0 Å². The summed E-state index contributed by atoms with van der Waals surface area (Å²) in [5.41, 5.74) is 1.07. The van der Waals surface area contributed by atoms with Gasteiger partial charge in [0.25, 0.3) is 5.91 Å². The lowest BCUT2D eigenvalue weighted by molar-refractivity contribution is 0.0404. The normalized spacial score (nSPS) is 16.0. The van der Waals surface area contributed by atoms with Gasteiger partial charge in [-0.3, -0.25) is 9.69 Å². The topological polar surface area (TPSA) is 53.0 Å². The Morgan fingerprint density at radius 2 is 2.00 bits per heavy atom. The highest BCUT2D eigenvalue weighted by atomic mass is 32.1. The van der Waals surface area contributed by atoms with E-state index < -0.39 is 6.10 Å². The molecule has 1 amide bonds. The van der Waals surface area contributed by atoms with E-state index in [0.29, 0.717) is 19.6 Å². The number of thiophene rings is 1. The van der Waals surface area contributed by atoms with Crippen LogP contribution < -0.4 is 4.74 Å². The van der Waals surface area contributed by atoms with E-state index in [-0.39, 0.29) is 12.5 Å². The molecule has 1 fully saturated rings. The van der Waals surface area contributed by atoms with Crippen LogP contribution >= 0.6 is 11.3 Å². The van der Waals surface area contributed by atoms with E-state index in [1.807, 2.05) is 54.3 Å². The van der Waals surface area contributed by atoms with Gasteiger partial charge in [-0.25, -0.2) is 0 Å². The lowest BCUT2D eigenvalue weighted by Crippen LogP contribution is -2.50. The molecule has 0 saturated carbocycles. The Labute approximate surface area is 170 Å². The van der Waals surface area contributed by atoms with Crippen LogP contribution in [-0.2, 0) is 6.42 Å². The van der Waals surface area contributed by atoms with Crippen LogP contribution in [0.2, 0.25) is 0 Å². The number of para-hydroxylation sites is 1. The van der Waals surface area contributed by atoms with Gasteiger partial charge in [-0.1, -0.05) is 24.3 Å². The molecule has 5 nitrogen and oxygen atoms in total. The van der Waals surface area contributed by atoms with Gasteiger partial charge in [0, 0.05) is 37.6 Å². The number of benzene rings is 1. The van der Waals surface area contributed by atoms with Gasteiger partial charge >= 0.3 is 0 Å². The summed E-state index contributed by atoms with van der Waals surface area (Å²) in [5, 5.41) is 10.4. The second kappa shape index (κ2) is 9.87. The third-order valence-corrected chi connectivity index (χ3v) is 5.84. The number of aliphatic hydroxyl groups is 1. The van der Waals surface area contributed by atoms with E-state index >= 15 is 0 Å². The number of carbonyl (C=O) groups is 1. The molecule has 28 heavy (non-hydrogen) atoms. The van der Waals surface area contributed by atoms with Gasteiger partial charge in [0.2, 0.25) is 0 Å². The number of β-amino-alcohol motifs (C(OH)–C–C–N with tert-alkyl or cyclic N) is 1. The quantitative estimate of drug-likeness (QED) is 0.692. The molecule has 1 saturated heterocycles. The van der Waals surface area contributed by atoms with Crippen molar-refractivity contribution in [3.05, 3.63) is 64.4 Å². The van der Waals surface area contributed by atoms with E-state index in [9.17, 15) is 9.90 Å². The number of hydrogen-bond donors (Lipinski definition) is 1. The highest BCUT2D eigenvalue weighted by Crippen LogP contribution is 2.20. The van der Waals surface area contributed by atoms with Crippen LogP contribution in [0, 0.1) is 6.92 Å². The molecule has 1 aromatic heterocycles. The maximum Gasteiger partial charge on any atom is 0.264 e. The molecule has 1 atom stereocenters. The smallest absolute Gasteiger partial charge is 0.264 e. The minimum atomic E-state index is -0.570. The van der Waals surface area contributed by atoms with Gasteiger partial charge in [-0.15, -0.1) is 17.9 Å². The number of aliphatic hydroxyl groups excluding tert-OH is 1. The number of amides is 1. The Morgan fingerprint density at radius 3 is 2.68 bits per heavy atom. The first-order chi connectivity index (χ1) is 13.6. The van der Waals surface area contributed by atoms with Crippen LogP contribution in [0.15, 0.2) is 49.1 Å². The molecule has 1 aliphatic rings. The molecule has 2 aromatic rings. The number of carbonyl (C=O) groups excluding carboxylic acids is 1. The third-order valence-electron chi connectivity index (χ3n) is 4.85. The average Bonchev–Trinajstić information content (AvgIpc) is 3.14. The fourth-order valence-electron chi connectivity index (χ4n) is 3.34. The summed E-state index contributed by atoms with van der Waals surface area (Å²) >= 11 is 1.54. The van der Waals surface area contributed by atoms with Crippen molar-refractivity contribution >= 4 is 17.2 Å². The van der Waals surface area contributed by atoms with Crippen LogP contribution in [0.4, 0.5) is 0 Å². The maximum absolute atomic E-state index is 12.5. The van der Waals surface area contributed by atoms with Crippen molar-refractivity contribution in [3.8, 4) is 5.75 Å². The predicted molar refractivity (Wildman–Crippen MR) is 113 cm³/mol. The number of hydrogen-bond acceptors (Lipinski definition) is 5. The number of ether oxygens (including phenoxy) is 1. The average molecular weight is 401 g/mol. The molecule has 0 bridgehead atoms. The minimum Gasteiger partial charge on any atom is -0.491 e. The Kier molecular flexibility index (Phi) is 7.25. The Balaban J connectivity index is 1.43. The van der Waals surface area contributed by atoms with E-state index in [0.717, 1.165) is 40.6 Å². The molecule has 1 N–H and O–H groups in total. The molecule has 0 aliphatic carbocycles. The summed E-state index contributed by atoms with van der Waals surface area (Å²) in [6.07, 6.45) is 2.02. The van der Waals surface area contributed by atoms with Crippen molar-refractivity contribution in [2.24, 2.45) is 0 Å². The van der Waals surface area contributed by atoms with Crippen molar-refractivity contribution in [2.45, 2.75) is 19.4 Å². The second-order valence-electron chi connectivity index (χ2n) is 7.07. The molecular formula is C22H28N2O3S. The Bertz CT molecular complexity index is 797. The zero-order valence-corrected chi connectivity index (χ0v) is 17.2. The fourth-order valence-corrected chi connectivity index (χ4v) is 4.18. The van der Waals surface area contributed by atoms with Crippen molar-refractivity contribution < 1.29 is 14.6 Å². The van der Waals surface area contributed by atoms with Crippen molar-refractivity contribution in [1.29, 1.82) is 0 Å². The van der Waals surface area contributed by atoms with Crippen molar-refractivity contribution in [3.63, 3.8) is 0 Å². The second-order valence-corrected chi connectivity index (χ2v) is 8.36. The summed E-state index contributed by atoms with van der Waals surface area (Å²) in [7, 11) is 0. The Morgan fingerprint density at radius 1 is 1.25 bits per heavy atom. The van der Waals surface area contributed by atoms with Crippen LogP contribution in [0.1, 0.15) is 20.1 Å². The zero-order valence-electron chi connectivity index (χ0n) is 16.3. The van der Waals surface area contributed by atoms with Gasteiger partial charge in [0.15, 0.2) is 0 Å². The number of aryl methyl sites for hydroxylation is 1. The maximum atomic E-state index is 12.5. The Hall–Kier alpha value is -2.15. The van der Waals surface area contributed by atoms with Crippen LogP contribution in [-0.4, -0.2) is 66.2 Å². The van der Waals surface area contributed by atoms with Gasteiger partial charge in [0.05, 0.1) is 4.88 Å². The first kappa shape index (κ1) is 20.6. The first-order valence-electron chi connectivity index (χ1n) is 9.64. The molecule has 0 unspecified atom stereocenters. The number of piperazine rings is 1. The standard InChI is InChI=1S/C22H28N2O3S/c1-3-6-18-7-4-5-8-20(18)27-16-19(25)15-23-11-13-24(14-12-23)22(26)21-10-9-17(2)28-21/h3-5,7-10,19,25H,1,6,11-16H2,2H3/t19-/m1/s1. The first-order valence-corrected chi connectivity index (χ1v) is 10.5. The third kappa shape index (κ3) is 5.44. The minimum absolute atomic E-state index is 0.112. The fraction of sp³-hybridized carbons (Fsp3) is 0.409. The van der Waals surface area contributed by atoms with Crippen molar-refractivity contribution in [1.82, 2.24) is 9.80 Å². The number of rotatable bonds is 8. The highest BCUT2D eigenvalue weighted by Gasteiger charge is 2.24. The summed E-state index contributed by atoms with van der Waals surface area (Å²) in [6.45, 7) is 9.48. The van der Waals surface area contributed by atoms with E-state index in [1.165, 1.54) is 0 Å². The van der Waals surface area contributed by atoms with E-state index in [1.54, 1.807) is 11.3 Å². The summed E-state index contributed by atoms with van der Waals surface area (Å²) in [5.74, 6) is 0.906. The SMILES string of the molecule is C=CCc1ccccc1OC[C@H](O)CN1CCN(C(=O)c2ccc(C)s2)CC1. The van der Waals surface area contributed by atoms with Crippen LogP contribution in [0.25, 0.3) is 0 Å². The molecule has 2 heterocycles. The van der Waals surface area contributed by atoms with E-state index in [2.05, 4.69) is 11.5 Å². The van der Waals surface area contributed by atoms with E-state index in [4.69, 9.17) is 4.74 Å². The van der Waals surface area contributed by atoms with Gasteiger partial charge in [0.1, 0.15) is 18.5 Å². The van der Waals surface area contributed by atoms with Gasteiger partial charge < -0.3 is 14.7 Å². The predicted octanol–water partition coefficient (Wildman–Crippen LogP) is 2.98. The number of allylic oxidation sites excluding steroid dienone is 1.